The maximum atomic E-state index is 6.96. The second-order valence-electron chi connectivity index (χ2n) is 3.49. The lowest BCUT2D eigenvalue weighted by molar-refractivity contribution is 1.00. The zero-order valence-electron chi connectivity index (χ0n) is 8.91. The van der Waals surface area contributed by atoms with Gasteiger partial charge in [0.05, 0.1) is 11.9 Å². The summed E-state index contributed by atoms with van der Waals surface area (Å²) in [7, 11) is 0. The lowest BCUT2D eigenvalue weighted by Gasteiger charge is -1.93. The van der Waals surface area contributed by atoms with E-state index in [1.165, 1.54) is 5.39 Å². The van der Waals surface area contributed by atoms with E-state index in [2.05, 4.69) is 21.6 Å². The highest BCUT2D eigenvalue weighted by atomic mass is 15.3. The van der Waals surface area contributed by atoms with E-state index >= 15 is 0 Å². The van der Waals surface area contributed by atoms with Crippen LogP contribution >= 0.6 is 0 Å². The summed E-state index contributed by atoms with van der Waals surface area (Å²) in [6.07, 6.45) is 1.62. The van der Waals surface area contributed by atoms with Crippen molar-refractivity contribution in [3.8, 4) is 0 Å². The van der Waals surface area contributed by atoms with Crippen molar-refractivity contribution in [1.29, 1.82) is 5.41 Å². The van der Waals surface area contributed by atoms with Crippen LogP contribution in [0.5, 0.6) is 0 Å². The summed E-state index contributed by atoms with van der Waals surface area (Å²) in [6, 6.07) is 8.04. The molecule has 2 aromatic rings. The van der Waals surface area contributed by atoms with Crippen molar-refractivity contribution in [3.63, 3.8) is 0 Å². The summed E-state index contributed by atoms with van der Waals surface area (Å²) in [5, 5.41) is 12.0. The van der Waals surface area contributed by atoms with Crippen LogP contribution in [0.15, 0.2) is 29.4 Å². The van der Waals surface area contributed by atoms with E-state index < -0.39 is 0 Å². The van der Waals surface area contributed by atoms with E-state index in [1.807, 2.05) is 25.1 Å². The number of para-hydroxylation sites is 1. The number of H-pyrrole nitrogens is 1. The zero-order chi connectivity index (χ0) is 11.5. The van der Waals surface area contributed by atoms with Gasteiger partial charge in [0.2, 0.25) is 5.96 Å². The molecule has 0 aliphatic rings. The molecule has 5 heteroatoms. The molecule has 1 heterocycles. The highest BCUT2D eigenvalue weighted by Gasteiger charge is 2.03. The Morgan fingerprint density at radius 1 is 1.50 bits per heavy atom. The summed E-state index contributed by atoms with van der Waals surface area (Å²) in [6.45, 7) is 2.02. The number of aromatic amines is 1. The monoisotopic (exact) mass is 215 g/mol. The molecule has 0 atom stereocenters. The van der Waals surface area contributed by atoms with E-state index in [0.717, 1.165) is 16.8 Å². The number of aryl methyl sites for hydroxylation is 1. The summed E-state index contributed by atoms with van der Waals surface area (Å²) in [5.41, 5.74) is 10.6. The van der Waals surface area contributed by atoms with Crippen LogP contribution in [0.1, 0.15) is 11.3 Å². The Bertz CT molecular complexity index is 553. The quantitative estimate of drug-likeness (QED) is 0.345. The molecule has 0 saturated heterocycles. The first-order valence-corrected chi connectivity index (χ1v) is 4.89. The van der Waals surface area contributed by atoms with Crippen LogP contribution in [0.3, 0.4) is 0 Å². The minimum Gasteiger partial charge on any atom is -0.369 e. The molecule has 0 radical (unpaired) electrons. The lowest BCUT2D eigenvalue weighted by Crippen LogP contribution is -2.25. The molecule has 1 aromatic heterocycles. The highest BCUT2D eigenvalue weighted by molar-refractivity contribution is 5.93. The Kier molecular flexibility index (Phi) is 2.59. The molecule has 0 bridgehead atoms. The fourth-order valence-corrected chi connectivity index (χ4v) is 1.60. The minimum atomic E-state index is -0.176. The van der Waals surface area contributed by atoms with E-state index in [-0.39, 0.29) is 5.96 Å². The number of hydrogen-bond donors (Lipinski definition) is 4. The highest BCUT2D eigenvalue weighted by Crippen LogP contribution is 2.19. The second-order valence-corrected chi connectivity index (χ2v) is 3.49. The molecular weight excluding hydrogens is 202 g/mol. The van der Waals surface area contributed by atoms with Gasteiger partial charge in [0.1, 0.15) is 0 Å². The number of rotatable bonds is 2. The third-order valence-corrected chi connectivity index (χ3v) is 2.38. The van der Waals surface area contributed by atoms with Gasteiger partial charge in [-0.2, -0.15) is 5.10 Å². The van der Waals surface area contributed by atoms with Gasteiger partial charge in [-0.05, 0) is 18.6 Å². The largest absolute Gasteiger partial charge is 0.369 e. The maximum absolute atomic E-state index is 6.96. The van der Waals surface area contributed by atoms with Crippen LogP contribution in [0.25, 0.3) is 10.9 Å². The average molecular weight is 215 g/mol. The number of guanidine groups is 1. The molecule has 2 rings (SSSR count). The Balaban J connectivity index is 2.34. The Hall–Kier alpha value is -2.30. The van der Waals surface area contributed by atoms with E-state index in [0.29, 0.717) is 0 Å². The third-order valence-electron chi connectivity index (χ3n) is 2.38. The number of hydrazone groups is 1. The van der Waals surface area contributed by atoms with Crippen LogP contribution in [0.2, 0.25) is 0 Å². The van der Waals surface area contributed by atoms with Crippen molar-refractivity contribution >= 4 is 23.1 Å². The number of nitrogens with one attached hydrogen (secondary N) is 3. The van der Waals surface area contributed by atoms with Gasteiger partial charge in [0, 0.05) is 10.9 Å². The van der Waals surface area contributed by atoms with Crippen molar-refractivity contribution in [2.24, 2.45) is 10.8 Å². The van der Waals surface area contributed by atoms with Crippen molar-refractivity contribution in [2.45, 2.75) is 6.92 Å². The lowest BCUT2D eigenvalue weighted by atomic mass is 10.1. The first-order chi connectivity index (χ1) is 7.68. The van der Waals surface area contributed by atoms with Crippen molar-refractivity contribution in [1.82, 2.24) is 10.4 Å². The first-order valence-electron chi connectivity index (χ1n) is 4.89. The van der Waals surface area contributed by atoms with Crippen LogP contribution in [-0.2, 0) is 0 Å². The summed E-state index contributed by atoms with van der Waals surface area (Å²) in [5.74, 6) is -0.176. The molecule has 0 spiro atoms. The van der Waals surface area contributed by atoms with Crippen molar-refractivity contribution in [2.75, 3.05) is 0 Å². The standard InChI is InChI=1S/C11H13N5/c1-7-8-4-2-3-5-9(8)15-10(7)6-14-16-11(12)13/h2-6,15H,1H3,(H4,12,13,16)/b14-6+. The average Bonchev–Trinajstić information content (AvgIpc) is 2.56. The molecule has 0 aliphatic carbocycles. The SMILES string of the molecule is Cc1c(/C=N/NC(=N)N)[nH]c2ccccc12. The smallest absolute Gasteiger partial charge is 0.206 e. The van der Waals surface area contributed by atoms with Crippen molar-refractivity contribution in [3.05, 3.63) is 35.5 Å². The number of nitrogens with zero attached hydrogens (tertiary/aromatic N) is 1. The molecule has 0 unspecified atom stereocenters. The van der Waals surface area contributed by atoms with Gasteiger partial charge in [-0.15, -0.1) is 0 Å². The molecule has 16 heavy (non-hydrogen) atoms. The van der Waals surface area contributed by atoms with E-state index in [1.54, 1.807) is 6.21 Å². The van der Waals surface area contributed by atoms with Gasteiger partial charge < -0.3 is 10.7 Å². The number of benzene rings is 1. The Labute approximate surface area is 92.9 Å². The van der Waals surface area contributed by atoms with Gasteiger partial charge in [-0.3, -0.25) is 5.41 Å². The molecular formula is C11H13N5. The van der Waals surface area contributed by atoms with E-state index in [4.69, 9.17) is 11.1 Å². The zero-order valence-corrected chi connectivity index (χ0v) is 8.91. The van der Waals surface area contributed by atoms with Crippen LogP contribution < -0.4 is 11.2 Å². The fraction of sp³-hybridized carbons (Fsp3) is 0.0909. The normalized spacial score (nSPS) is 11.1. The maximum Gasteiger partial charge on any atom is 0.206 e. The molecule has 0 fully saturated rings. The first kappa shape index (κ1) is 10.2. The van der Waals surface area contributed by atoms with Gasteiger partial charge in [-0.25, -0.2) is 5.43 Å². The number of nitrogens with two attached hydrogens (primary N) is 1. The van der Waals surface area contributed by atoms with Gasteiger partial charge in [0.15, 0.2) is 0 Å². The fourth-order valence-electron chi connectivity index (χ4n) is 1.60. The summed E-state index contributed by atoms with van der Waals surface area (Å²) >= 11 is 0. The minimum absolute atomic E-state index is 0.176. The molecule has 1 aromatic carbocycles. The molecule has 5 nitrogen and oxygen atoms in total. The summed E-state index contributed by atoms with van der Waals surface area (Å²) in [4.78, 5) is 3.24. The third kappa shape index (κ3) is 1.88. The molecule has 82 valence electrons. The Morgan fingerprint density at radius 3 is 2.94 bits per heavy atom. The van der Waals surface area contributed by atoms with Crippen LogP contribution in [0, 0.1) is 12.3 Å². The Morgan fingerprint density at radius 2 is 2.25 bits per heavy atom. The van der Waals surface area contributed by atoms with Gasteiger partial charge >= 0.3 is 0 Å². The molecule has 0 amide bonds. The predicted molar refractivity (Wildman–Crippen MR) is 65.7 cm³/mol. The molecule has 0 saturated carbocycles. The number of hydrogen-bond acceptors (Lipinski definition) is 2. The topological polar surface area (TPSA) is 90.1 Å². The molecule has 5 N–H and O–H groups in total. The van der Waals surface area contributed by atoms with Crippen LogP contribution in [-0.4, -0.2) is 17.2 Å². The predicted octanol–water partition coefficient (Wildman–Crippen LogP) is 1.29. The number of aromatic nitrogens is 1. The van der Waals surface area contributed by atoms with Crippen molar-refractivity contribution < 1.29 is 0 Å². The number of fused-ring (bicyclic) bond motifs is 1. The van der Waals surface area contributed by atoms with Gasteiger partial charge in [-0.1, -0.05) is 18.2 Å². The van der Waals surface area contributed by atoms with E-state index in [9.17, 15) is 0 Å². The second kappa shape index (κ2) is 4.06. The van der Waals surface area contributed by atoms with Crippen LogP contribution in [0.4, 0.5) is 0 Å². The summed E-state index contributed by atoms with van der Waals surface area (Å²) < 4.78 is 0. The molecule has 0 aliphatic heterocycles. The van der Waals surface area contributed by atoms with Gasteiger partial charge in [0.25, 0.3) is 0 Å².